The van der Waals surface area contributed by atoms with Crippen molar-refractivity contribution in [3.63, 3.8) is 0 Å². The third-order valence-corrected chi connectivity index (χ3v) is 8.03. The van der Waals surface area contributed by atoms with E-state index in [-0.39, 0.29) is 17.1 Å². The number of hydrogen-bond acceptors (Lipinski definition) is 6. The number of rotatable bonds is 16. The van der Waals surface area contributed by atoms with Crippen molar-refractivity contribution in [1.82, 2.24) is 4.98 Å². The summed E-state index contributed by atoms with van der Waals surface area (Å²) >= 11 is 1.34. The molecule has 1 aliphatic carbocycles. The van der Waals surface area contributed by atoms with E-state index < -0.39 is 0 Å². The fourth-order valence-corrected chi connectivity index (χ4v) is 5.80. The first kappa shape index (κ1) is 28.3. The Hall–Kier alpha value is -2.28. The Kier molecular flexibility index (Phi) is 10.9. The number of aliphatic hydroxyl groups is 1. The van der Waals surface area contributed by atoms with Crippen molar-refractivity contribution in [1.29, 1.82) is 0 Å². The van der Waals surface area contributed by atoms with Crippen LogP contribution in [0.5, 0.6) is 5.19 Å². The van der Waals surface area contributed by atoms with Crippen LogP contribution < -0.4 is 4.74 Å². The first-order valence-electron chi connectivity index (χ1n) is 13.8. The van der Waals surface area contributed by atoms with Gasteiger partial charge in [0.25, 0.3) is 5.19 Å². The second-order valence-electron chi connectivity index (χ2n) is 10.0. The average Bonchev–Trinajstić information content (AvgIpc) is 3.37. The highest BCUT2D eigenvalue weighted by molar-refractivity contribution is 7.15. The van der Waals surface area contributed by atoms with Gasteiger partial charge in [0.15, 0.2) is 5.70 Å². The van der Waals surface area contributed by atoms with E-state index in [4.69, 9.17) is 9.16 Å². The normalized spacial score (nSPS) is 18.4. The number of nitrogens with zero attached hydrogens (tertiary/aromatic N) is 2. The lowest BCUT2D eigenvalue weighted by Crippen LogP contribution is -2.23. The molecule has 1 unspecified atom stereocenters. The SMILES string of the molecule is CCCCCCCCC(CCCCCC)COc1nc(C)c(C2=C(O)C(=C3N=C(C)[O+]=C3C)C2=O)s1. The van der Waals surface area contributed by atoms with Crippen molar-refractivity contribution in [3.8, 4) is 5.19 Å². The van der Waals surface area contributed by atoms with Gasteiger partial charge in [-0.25, -0.2) is 4.98 Å². The summed E-state index contributed by atoms with van der Waals surface area (Å²) in [5.41, 5.74) is 1.64. The summed E-state index contributed by atoms with van der Waals surface area (Å²) in [4.78, 5) is 22.5. The van der Waals surface area contributed by atoms with Crippen molar-refractivity contribution >= 4 is 34.4 Å². The number of unbranched alkanes of at least 4 members (excludes halogenated alkanes) is 8. The number of aryl methyl sites for hydroxylation is 1. The molecule has 2 aliphatic rings. The molecule has 1 aliphatic heterocycles. The number of ether oxygens (including phenoxy) is 1. The van der Waals surface area contributed by atoms with Gasteiger partial charge in [0.05, 0.1) is 36.6 Å². The van der Waals surface area contributed by atoms with Crippen LogP contribution in [0.25, 0.3) is 5.57 Å². The van der Waals surface area contributed by atoms with Crippen molar-refractivity contribution in [2.75, 3.05) is 6.61 Å². The molecular formula is C29H43N2O4S+. The van der Waals surface area contributed by atoms with E-state index in [9.17, 15) is 9.90 Å². The van der Waals surface area contributed by atoms with Crippen molar-refractivity contribution in [2.24, 2.45) is 10.9 Å². The van der Waals surface area contributed by atoms with Crippen LogP contribution in [0.1, 0.15) is 115 Å². The summed E-state index contributed by atoms with van der Waals surface area (Å²) in [7, 11) is 0. The lowest BCUT2D eigenvalue weighted by atomic mass is 9.84. The molecule has 0 saturated heterocycles. The van der Waals surface area contributed by atoms with Gasteiger partial charge in [0.1, 0.15) is 11.3 Å². The van der Waals surface area contributed by atoms with Gasteiger partial charge in [-0.1, -0.05) is 89.4 Å². The van der Waals surface area contributed by atoms with Gasteiger partial charge in [-0.05, 0) is 25.7 Å². The van der Waals surface area contributed by atoms with Crippen molar-refractivity contribution < 1.29 is 19.1 Å². The van der Waals surface area contributed by atoms with E-state index in [0.29, 0.717) is 51.2 Å². The molecule has 198 valence electrons. The number of aliphatic hydroxyl groups excluding tert-OH is 1. The first-order valence-corrected chi connectivity index (χ1v) is 14.6. The molecular weight excluding hydrogens is 472 g/mol. The summed E-state index contributed by atoms with van der Waals surface area (Å²) in [6.07, 6.45) is 15.3. The molecule has 7 heteroatoms. The Bertz CT molecular complexity index is 1050. The summed E-state index contributed by atoms with van der Waals surface area (Å²) in [5.74, 6) is 1.27. The van der Waals surface area contributed by atoms with Gasteiger partial charge >= 0.3 is 11.7 Å². The van der Waals surface area contributed by atoms with E-state index in [1.807, 2.05) is 6.92 Å². The number of allylic oxidation sites excluding steroid dienone is 3. The molecule has 1 N–H and O–H groups in total. The number of aromatic nitrogens is 1. The molecule has 0 fully saturated rings. The number of carbonyl (C=O) groups excluding carboxylic acids is 2. The van der Waals surface area contributed by atoms with E-state index in [2.05, 4.69) is 23.8 Å². The van der Waals surface area contributed by atoms with Crippen molar-refractivity contribution in [3.05, 3.63) is 27.6 Å². The fraction of sp³-hybridized carbons (Fsp3) is 0.655. The Labute approximate surface area is 220 Å². The zero-order valence-corrected chi connectivity index (χ0v) is 23.6. The van der Waals surface area contributed by atoms with Gasteiger partial charge in [-0.15, -0.1) is 0 Å². The average molecular weight is 516 g/mol. The van der Waals surface area contributed by atoms with Crippen LogP contribution in [0.4, 0.5) is 0 Å². The lowest BCUT2D eigenvalue weighted by Gasteiger charge is -2.20. The number of hydrogen-bond donors (Lipinski definition) is 1. The lowest BCUT2D eigenvalue weighted by molar-refractivity contribution is -0.312. The van der Waals surface area contributed by atoms with Crippen LogP contribution in [-0.2, 0) is 9.22 Å². The second-order valence-corrected chi connectivity index (χ2v) is 11.0. The molecule has 0 radical (unpaired) electrons. The van der Waals surface area contributed by atoms with Crippen LogP contribution >= 0.6 is 11.3 Å². The smallest absolute Gasteiger partial charge is 0.425 e. The minimum Gasteiger partial charge on any atom is -0.506 e. The monoisotopic (exact) mass is 515 g/mol. The number of aliphatic imine (C=N–C) groups is 1. The highest BCUT2D eigenvalue weighted by Gasteiger charge is 2.43. The largest absolute Gasteiger partial charge is 0.506 e. The molecule has 0 amide bonds. The van der Waals surface area contributed by atoms with Gasteiger partial charge in [0, 0.05) is 0 Å². The molecule has 0 spiro atoms. The molecule has 1 aromatic rings. The third-order valence-electron chi connectivity index (χ3n) is 6.95. The molecule has 2 heterocycles. The maximum absolute atomic E-state index is 12.9. The predicted octanol–water partition coefficient (Wildman–Crippen LogP) is 7.83. The molecule has 6 nitrogen and oxygen atoms in total. The summed E-state index contributed by atoms with van der Waals surface area (Å²) in [6.45, 7) is 10.5. The zero-order valence-electron chi connectivity index (χ0n) is 22.7. The van der Waals surface area contributed by atoms with E-state index in [1.54, 1.807) is 13.8 Å². The summed E-state index contributed by atoms with van der Waals surface area (Å²) < 4.78 is 11.6. The maximum Gasteiger partial charge on any atom is 0.425 e. The van der Waals surface area contributed by atoms with Crippen molar-refractivity contribution in [2.45, 2.75) is 112 Å². The Balaban J connectivity index is 1.62. The van der Waals surface area contributed by atoms with Gasteiger partial charge in [0.2, 0.25) is 5.78 Å². The predicted molar refractivity (Wildman–Crippen MR) is 148 cm³/mol. The number of carbonyl (C=O) groups is 1. The first-order chi connectivity index (χ1) is 17.4. The number of Topliss-reactive ketones (excluding diaryl/α,β-unsaturated/α-hetero) is 1. The Morgan fingerprint density at radius 3 is 2.11 bits per heavy atom. The standard InChI is InChI=1S/C29H42N2O4S/c1-6-8-10-12-13-15-17-22(16-14-11-9-7-2)18-34-29-30-19(3)28(36-29)24-26(32)23(27(24)33)25-20(4)35-21(5)31-25/h22H,6-18H2,1-5H3/p+1. The van der Waals surface area contributed by atoms with E-state index in [1.165, 1.54) is 88.4 Å². The molecule has 1 atom stereocenters. The van der Waals surface area contributed by atoms with Gasteiger partial charge < -0.3 is 9.84 Å². The zero-order chi connectivity index (χ0) is 26.1. The molecule has 3 rings (SSSR count). The second kappa shape index (κ2) is 13.9. The quantitative estimate of drug-likeness (QED) is 0.138. The molecule has 36 heavy (non-hydrogen) atoms. The van der Waals surface area contributed by atoms with E-state index >= 15 is 0 Å². The van der Waals surface area contributed by atoms with Crippen LogP contribution in [0.15, 0.2) is 22.0 Å². The fourth-order valence-electron chi connectivity index (χ4n) is 4.83. The minimum atomic E-state index is -0.223. The molecule has 0 aromatic carbocycles. The van der Waals surface area contributed by atoms with Crippen LogP contribution in [0.3, 0.4) is 0 Å². The van der Waals surface area contributed by atoms with Crippen LogP contribution in [0, 0.1) is 12.8 Å². The highest BCUT2D eigenvalue weighted by Crippen LogP contribution is 2.43. The molecule has 0 bridgehead atoms. The van der Waals surface area contributed by atoms with Gasteiger partial charge in [-0.2, -0.15) is 9.42 Å². The van der Waals surface area contributed by atoms with Gasteiger partial charge in [-0.3, -0.25) is 4.79 Å². The van der Waals surface area contributed by atoms with Crippen LogP contribution in [-0.4, -0.2) is 34.2 Å². The Morgan fingerprint density at radius 2 is 1.53 bits per heavy atom. The third kappa shape index (κ3) is 7.15. The minimum absolute atomic E-state index is 0.0356. The summed E-state index contributed by atoms with van der Waals surface area (Å²) in [6, 6.07) is 0. The molecule has 1 aromatic heterocycles. The number of ketones is 2. The summed E-state index contributed by atoms with van der Waals surface area (Å²) in [5, 5.41) is 11.3. The number of thiazole rings is 1. The molecule has 0 saturated carbocycles. The Morgan fingerprint density at radius 1 is 0.917 bits per heavy atom. The topological polar surface area (TPSA) is 83.1 Å². The van der Waals surface area contributed by atoms with E-state index in [0.717, 1.165) is 0 Å². The highest BCUT2D eigenvalue weighted by atomic mass is 32.1. The maximum atomic E-state index is 12.9. The van der Waals surface area contributed by atoms with Crippen LogP contribution in [0.2, 0.25) is 0 Å².